The summed E-state index contributed by atoms with van der Waals surface area (Å²) in [6.45, 7) is 3.34. The highest BCUT2D eigenvalue weighted by Gasteiger charge is 2.19. The molecular weight excluding hydrogens is 535 g/mol. The summed E-state index contributed by atoms with van der Waals surface area (Å²) in [6.07, 6.45) is -0.905. The van der Waals surface area contributed by atoms with Gasteiger partial charge in [0.15, 0.2) is 0 Å². The quantitative estimate of drug-likeness (QED) is 0.227. The van der Waals surface area contributed by atoms with E-state index in [1.165, 1.54) is 30.3 Å². The average molecular weight is 562 g/mol. The van der Waals surface area contributed by atoms with Crippen molar-refractivity contribution in [3.05, 3.63) is 112 Å². The van der Waals surface area contributed by atoms with Crippen LogP contribution in [0.3, 0.4) is 0 Å². The highest BCUT2D eigenvalue weighted by Crippen LogP contribution is 2.28. The van der Waals surface area contributed by atoms with Gasteiger partial charge in [-0.05, 0) is 67.4 Å². The third kappa shape index (κ3) is 6.07. The van der Waals surface area contributed by atoms with Crippen LogP contribution in [-0.2, 0) is 19.6 Å². The third-order valence-corrected chi connectivity index (χ3v) is 6.59. The Labute approximate surface area is 233 Å². The Hall–Kier alpha value is -4.70. The molecule has 1 atom stereocenters. The van der Waals surface area contributed by atoms with Gasteiger partial charge < -0.3 is 19.5 Å². The summed E-state index contributed by atoms with van der Waals surface area (Å²) in [5, 5.41) is 19.4. The van der Waals surface area contributed by atoms with Crippen molar-refractivity contribution in [1.82, 2.24) is 14.5 Å². The zero-order valence-electron chi connectivity index (χ0n) is 22.2. The minimum atomic E-state index is -1.12. The first-order valence-electron chi connectivity index (χ1n) is 12.8. The number of nitrogens with zero attached hydrogens (tertiary/aromatic N) is 3. The van der Waals surface area contributed by atoms with Crippen molar-refractivity contribution in [1.29, 1.82) is 0 Å². The predicted octanol–water partition coefficient (Wildman–Crippen LogP) is 6.07. The lowest BCUT2D eigenvalue weighted by Crippen LogP contribution is -2.15. The molecule has 0 spiro atoms. The number of aliphatic hydroxyl groups excluding tert-OH is 1. The van der Waals surface area contributed by atoms with E-state index in [0.29, 0.717) is 22.4 Å². The molecule has 0 saturated carbocycles. The maximum absolute atomic E-state index is 15.3. The van der Waals surface area contributed by atoms with Crippen molar-refractivity contribution in [3.63, 3.8) is 0 Å². The first kappa shape index (κ1) is 27.9. The van der Waals surface area contributed by atoms with Gasteiger partial charge in [0.2, 0.25) is 5.88 Å². The normalized spacial score (nSPS) is 12.0. The molecule has 2 N–H and O–H groups in total. The fourth-order valence-corrected chi connectivity index (χ4v) is 4.56. The number of aromatic carboxylic acids is 1. The number of pyridine rings is 1. The number of imidazole rings is 1. The lowest BCUT2D eigenvalue weighted by atomic mass is 10.0. The fourth-order valence-electron chi connectivity index (χ4n) is 4.56. The number of aliphatic hydroxyl groups is 1. The van der Waals surface area contributed by atoms with Gasteiger partial charge in [-0.1, -0.05) is 18.2 Å². The SMILES string of the molecule is Cc1ccc(COc2cccc(-c3cc(F)c(Cc4nc5ccc(C(=O)O)cc5n4C[C@@H](C)O)cc3F)n2)c(F)c1. The van der Waals surface area contributed by atoms with E-state index < -0.39 is 29.5 Å². The molecule has 0 radical (unpaired) electrons. The summed E-state index contributed by atoms with van der Waals surface area (Å²) in [5.74, 6) is -2.48. The number of benzene rings is 3. The summed E-state index contributed by atoms with van der Waals surface area (Å²) in [4.78, 5) is 20.2. The molecule has 5 aromatic rings. The standard InChI is InChI=1S/C31H26F3N3O4/c1-17-6-7-20(23(32)10-17)16-41-30-5-3-4-26(36-30)22-14-24(33)21(11-25(22)34)13-29-35-27-9-8-19(31(39)40)12-28(27)37(29)15-18(2)38/h3-12,14,18,38H,13,15-16H2,1-2H3,(H,39,40)/t18-/m1/s1. The van der Waals surface area contributed by atoms with Crippen molar-refractivity contribution >= 4 is 17.0 Å². The zero-order chi connectivity index (χ0) is 29.3. The Bertz CT molecular complexity index is 1770. The second-order valence-corrected chi connectivity index (χ2v) is 9.84. The van der Waals surface area contributed by atoms with E-state index in [0.717, 1.165) is 17.7 Å². The monoisotopic (exact) mass is 561 g/mol. The maximum atomic E-state index is 15.3. The lowest BCUT2D eigenvalue weighted by molar-refractivity contribution is 0.0697. The Morgan fingerprint density at radius 1 is 0.951 bits per heavy atom. The van der Waals surface area contributed by atoms with Crippen molar-refractivity contribution in [2.24, 2.45) is 0 Å². The van der Waals surface area contributed by atoms with Crippen LogP contribution in [0.1, 0.15) is 39.8 Å². The van der Waals surface area contributed by atoms with Crippen LogP contribution in [0.15, 0.2) is 66.7 Å². The molecule has 2 heterocycles. The maximum Gasteiger partial charge on any atom is 0.335 e. The largest absolute Gasteiger partial charge is 0.478 e. The van der Waals surface area contributed by atoms with Crippen LogP contribution in [0.25, 0.3) is 22.3 Å². The van der Waals surface area contributed by atoms with Gasteiger partial charge in [-0.25, -0.2) is 27.9 Å². The van der Waals surface area contributed by atoms with Crippen molar-refractivity contribution in [3.8, 4) is 17.1 Å². The van der Waals surface area contributed by atoms with E-state index in [4.69, 9.17) is 4.74 Å². The highest BCUT2D eigenvalue weighted by molar-refractivity contribution is 5.92. The van der Waals surface area contributed by atoms with E-state index in [2.05, 4.69) is 9.97 Å². The van der Waals surface area contributed by atoms with Crippen molar-refractivity contribution < 1.29 is 32.9 Å². The number of hydrogen-bond acceptors (Lipinski definition) is 5. The number of halogens is 3. The third-order valence-electron chi connectivity index (χ3n) is 6.59. The molecule has 41 heavy (non-hydrogen) atoms. The molecule has 5 rings (SSSR count). The molecule has 2 aromatic heterocycles. The topological polar surface area (TPSA) is 97.5 Å². The van der Waals surface area contributed by atoms with Crippen LogP contribution in [0.5, 0.6) is 5.88 Å². The number of rotatable bonds is 9. The van der Waals surface area contributed by atoms with Crippen LogP contribution in [0.4, 0.5) is 13.2 Å². The summed E-state index contributed by atoms with van der Waals surface area (Å²) >= 11 is 0. The van der Waals surface area contributed by atoms with E-state index in [9.17, 15) is 19.4 Å². The van der Waals surface area contributed by atoms with Gasteiger partial charge in [0.1, 0.15) is 29.9 Å². The summed E-state index contributed by atoms with van der Waals surface area (Å²) < 4.78 is 52.0. The number of carboxylic acids is 1. The summed E-state index contributed by atoms with van der Waals surface area (Å²) in [7, 11) is 0. The zero-order valence-corrected chi connectivity index (χ0v) is 22.2. The van der Waals surface area contributed by atoms with E-state index >= 15 is 8.78 Å². The van der Waals surface area contributed by atoms with Gasteiger partial charge in [0, 0.05) is 23.6 Å². The number of fused-ring (bicyclic) bond motifs is 1. The predicted molar refractivity (Wildman–Crippen MR) is 146 cm³/mol. The van der Waals surface area contributed by atoms with Gasteiger partial charge in [0.05, 0.1) is 34.9 Å². The summed E-state index contributed by atoms with van der Waals surface area (Å²) in [5.41, 5.74) is 2.16. The molecule has 0 saturated heterocycles. The molecule has 3 aromatic carbocycles. The number of ether oxygens (including phenoxy) is 1. The molecule has 0 aliphatic carbocycles. The Morgan fingerprint density at radius 3 is 2.46 bits per heavy atom. The van der Waals surface area contributed by atoms with Crippen LogP contribution in [0.2, 0.25) is 0 Å². The lowest BCUT2D eigenvalue weighted by Gasteiger charge is -2.13. The van der Waals surface area contributed by atoms with Crippen LogP contribution >= 0.6 is 0 Å². The minimum absolute atomic E-state index is 0.0223. The van der Waals surface area contributed by atoms with E-state index in [1.807, 2.05) is 0 Å². The van der Waals surface area contributed by atoms with Gasteiger partial charge in [0.25, 0.3) is 0 Å². The minimum Gasteiger partial charge on any atom is -0.478 e. The Kier molecular flexibility index (Phi) is 7.76. The molecule has 0 amide bonds. The smallest absolute Gasteiger partial charge is 0.335 e. The number of carbonyl (C=O) groups is 1. The van der Waals surface area contributed by atoms with Gasteiger partial charge in [-0.15, -0.1) is 0 Å². The van der Waals surface area contributed by atoms with Crippen molar-refractivity contribution in [2.75, 3.05) is 0 Å². The van der Waals surface area contributed by atoms with Crippen molar-refractivity contribution in [2.45, 2.75) is 39.5 Å². The van der Waals surface area contributed by atoms with Crippen LogP contribution < -0.4 is 4.74 Å². The fraction of sp³-hybridized carbons (Fsp3) is 0.194. The Morgan fingerprint density at radius 2 is 1.73 bits per heavy atom. The number of hydrogen-bond donors (Lipinski definition) is 2. The molecule has 10 heteroatoms. The molecule has 0 unspecified atom stereocenters. The van der Waals surface area contributed by atoms with Crippen LogP contribution in [-0.4, -0.2) is 36.8 Å². The molecule has 7 nitrogen and oxygen atoms in total. The van der Waals surface area contributed by atoms with E-state index in [-0.39, 0.29) is 47.8 Å². The van der Waals surface area contributed by atoms with Crippen LogP contribution in [0, 0.1) is 24.4 Å². The first-order valence-corrected chi connectivity index (χ1v) is 12.8. The highest BCUT2D eigenvalue weighted by atomic mass is 19.1. The molecule has 0 aliphatic rings. The van der Waals surface area contributed by atoms with Gasteiger partial charge in [-0.2, -0.15) is 0 Å². The first-order chi connectivity index (χ1) is 19.6. The molecular formula is C31H26F3N3O4. The number of aryl methyl sites for hydroxylation is 1. The second-order valence-electron chi connectivity index (χ2n) is 9.84. The number of aromatic nitrogens is 3. The molecule has 210 valence electrons. The molecule has 0 bridgehead atoms. The molecule has 0 fully saturated rings. The summed E-state index contributed by atoms with van der Waals surface area (Å²) in [6, 6.07) is 15.9. The van der Waals surface area contributed by atoms with Gasteiger partial charge in [-0.3, -0.25) is 0 Å². The molecule has 0 aliphatic heterocycles. The average Bonchev–Trinajstić information content (AvgIpc) is 3.25. The number of carboxylic acid groups (broad SMARTS) is 1. The van der Waals surface area contributed by atoms with Gasteiger partial charge >= 0.3 is 5.97 Å². The Balaban J connectivity index is 1.42. The van der Waals surface area contributed by atoms with E-state index in [1.54, 1.807) is 42.7 Å². The second kappa shape index (κ2) is 11.4.